The third kappa shape index (κ3) is 3.25. The predicted octanol–water partition coefficient (Wildman–Crippen LogP) is 4.98. The Hall–Kier alpha value is 0.137. The van der Waals surface area contributed by atoms with Crippen molar-refractivity contribution in [2.24, 2.45) is 17.3 Å². The molecule has 2 aliphatic carbocycles. The quantitative estimate of drug-likeness (QED) is 0.672. The molecule has 0 unspecified atom stereocenters. The highest BCUT2D eigenvalue weighted by atomic mass is 28.4. The molecule has 21 heavy (non-hydrogen) atoms. The molecule has 0 radical (unpaired) electrons. The number of rotatable bonds is 7. The van der Waals surface area contributed by atoms with Crippen LogP contribution in [0.2, 0.25) is 18.1 Å². The highest BCUT2D eigenvalue weighted by Crippen LogP contribution is 2.57. The van der Waals surface area contributed by atoms with Gasteiger partial charge < -0.3 is 9.53 Å². The molecule has 2 saturated carbocycles. The molecule has 2 rings (SSSR count). The monoisotopic (exact) mass is 312 g/mol. The van der Waals surface area contributed by atoms with Crippen LogP contribution in [-0.2, 0) is 4.43 Å². The summed E-state index contributed by atoms with van der Waals surface area (Å²) >= 11 is 0. The minimum Gasteiger partial charge on any atom is -0.414 e. The molecular formula is C18H36O2Si. The van der Waals surface area contributed by atoms with Gasteiger partial charge >= 0.3 is 0 Å². The van der Waals surface area contributed by atoms with Crippen molar-refractivity contribution in [3.05, 3.63) is 0 Å². The van der Waals surface area contributed by atoms with E-state index in [4.69, 9.17) is 4.43 Å². The Bertz CT molecular complexity index is 321. The summed E-state index contributed by atoms with van der Waals surface area (Å²) in [5.74, 6) is 1.47. The first-order valence-electron chi connectivity index (χ1n) is 9.34. The van der Waals surface area contributed by atoms with E-state index < -0.39 is 8.32 Å². The highest BCUT2D eigenvalue weighted by Gasteiger charge is 2.52. The lowest BCUT2D eigenvalue weighted by Crippen LogP contribution is -2.48. The van der Waals surface area contributed by atoms with Crippen LogP contribution in [0.25, 0.3) is 0 Å². The molecule has 0 aliphatic heterocycles. The molecule has 0 heterocycles. The Morgan fingerprint density at radius 3 is 2.33 bits per heavy atom. The normalized spacial score (nSPS) is 36.7. The number of aliphatic hydroxyl groups excluding tert-OH is 1. The van der Waals surface area contributed by atoms with Crippen molar-refractivity contribution in [1.29, 1.82) is 0 Å². The van der Waals surface area contributed by atoms with Gasteiger partial charge in [-0.1, -0.05) is 34.1 Å². The molecule has 1 N–H and O–H groups in total. The van der Waals surface area contributed by atoms with Crippen LogP contribution in [0.5, 0.6) is 0 Å². The minimum absolute atomic E-state index is 0.357. The van der Waals surface area contributed by atoms with Gasteiger partial charge in [-0.05, 0) is 67.5 Å². The summed E-state index contributed by atoms with van der Waals surface area (Å²) in [6, 6.07) is 3.79. The van der Waals surface area contributed by atoms with Crippen LogP contribution in [0.15, 0.2) is 0 Å². The molecule has 2 fully saturated rings. The van der Waals surface area contributed by atoms with Crippen molar-refractivity contribution in [3.8, 4) is 0 Å². The maximum absolute atomic E-state index is 9.37. The topological polar surface area (TPSA) is 29.5 Å². The third-order valence-corrected chi connectivity index (χ3v) is 11.7. The van der Waals surface area contributed by atoms with E-state index in [-0.39, 0.29) is 0 Å². The van der Waals surface area contributed by atoms with Crippen LogP contribution in [0, 0.1) is 17.3 Å². The van der Waals surface area contributed by atoms with Crippen molar-refractivity contribution in [1.82, 2.24) is 0 Å². The Morgan fingerprint density at radius 1 is 1.10 bits per heavy atom. The summed E-state index contributed by atoms with van der Waals surface area (Å²) < 4.78 is 6.91. The van der Waals surface area contributed by atoms with Crippen molar-refractivity contribution in [2.45, 2.75) is 90.5 Å². The molecule has 0 aromatic heterocycles. The van der Waals surface area contributed by atoms with Gasteiger partial charge in [-0.3, -0.25) is 0 Å². The van der Waals surface area contributed by atoms with E-state index >= 15 is 0 Å². The second kappa shape index (κ2) is 7.14. The Balaban J connectivity index is 2.12. The second-order valence-corrected chi connectivity index (χ2v) is 12.4. The molecule has 0 spiro atoms. The summed E-state index contributed by atoms with van der Waals surface area (Å²) in [7, 11) is -1.49. The summed E-state index contributed by atoms with van der Waals surface area (Å²) in [4.78, 5) is 0. The molecule has 0 saturated heterocycles. The van der Waals surface area contributed by atoms with Gasteiger partial charge in [0.2, 0.25) is 0 Å². The first-order chi connectivity index (χ1) is 10.0. The first-order valence-corrected chi connectivity index (χ1v) is 11.9. The fraction of sp³-hybridized carbons (Fsp3) is 1.00. The number of hydrogen-bond acceptors (Lipinski definition) is 2. The van der Waals surface area contributed by atoms with Gasteiger partial charge in [0.1, 0.15) is 0 Å². The van der Waals surface area contributed by atoms with Crippen LogP contribution < -0.4 is 0 Å². The second-order valence-electron chi connectivity index (χ2n) is 7.69. The van der Waals surface area contributed by atoms with Crippen LogP contribution in [-0.4, -0.2) is 26.1 Å². The number of fused-ring (bicyclic) bond motifs is 1. The molecule has 0 aromatic carbocycles. The van der Waals surface area contributed by atoms with Crippen LogP contribution in [0.1, 0.15) is 66.2 Å². The fourth-order valence-electron chi connectivity index (χ4n) is 5.32. The van der Waals surface area contributed by atoms with Gasteiger partial charge in [-0.25, -0.2) is 0 Å². The molecule has 0 amide bonds. The zero-order chi connectivity index (χ0) is 15.5. The SMILES string of the molecule is CC[Si](CC)(CC)O[C@H]1CCC[C@]2(C)[C@@H](CCO)CC[C@@H]12. The van der Waals surface area contributed by atoms with E-state index in [1.165, 1.54) is 50.2 Å². The van der Waals surface area contributed by atoms with Crippen molar-refractivity contribution in [2.75, 3.05) is 6.61 Å². The average molecular weight is 313 g/mol. The minimum atomic E-state index is -1.49. The maximum Gasteiger partial charge on any atom is 0.192 e. The van der Waals surface area contributed by atoms with Gasteiger partial charge in [-0.15, -0.1) is 0 Å². The Kier molecular flexibility index (Phi) is 5.95. The van der Waals surface area contributed by atoms with Crippen LogP contribution in [0.3, 0.4) is 0 Å². The van der Waals surface area contributed by atoms with Gasteiger partial charge in [0, 0.05) is 12.7 Å². The molecule has 0 aromatic rings. The standard InChI is InChI=1S/C18H36O2Si/c1-5-21(6-2,7-3)20-17-9-8-13-18(4)15(12-14-19)10-11-16(17)18/h15-17,19H,5-14H2,1-4H3/t15-,16+,17+,18-/m1/s1. The fourth-order valence-corrected chi connectivity index (χ4v) is 8.24. The largest absolute Gasteiger partial charge is 0.414 e. The highest BCUT2D eigenvalue weighted by molar-refractivity contribution is 6.73. The van der Waals surface area contributed by atoms with Crippen LogP contribution >= 0.6 is 0 Å². The summed E-state index contributed by atoms with van der Waals surface area (Å²) in [5.41, 5.74) is 0.432. The van der Waals surface area contributed by atoms with E-state index in [1.54, 1.807) is 0 Å². The smallest absolute Gasteiger partial charge is 0.192 e. The van der Waals surface area contributed by atoms with Crippen molar-refractivity contribution < 1.29 is 9.53 Å². The van der Waals surface area contributed by atoms with E-state index in [9.17, 15) is 5.11 Å². The first kappa shape index (κ1) is 17.5. The van der Waals surface area contributed by atoms with E-state index in [1.807, 2.05) is 0 Å². The lowest BCUT2D eigenvalue weighted by Gasteiger charge is -2.47. The lowest BCUT2D eigenvalue weighted by molar-refractivity contribution is -0.0128. The van der Waals surface area contributed by atoms with E-state index in [0.717, 1.165) is 18.3 Å². The van der Waals surface area contributed by atoms with Crippen LogP contribution in [0.4, 0.5) is 0 Å². The van der Waals surface area contributed by atoms with Crippen molar-refractivity contribution >= 4 is 8.32 Å². The summed E-state index contributed by atoms with van der Waals surface area (Å²) in [6.45, 7) is 9.86. The third-order valence-electron chi connectivity index (χ3n) is 7.07. The Morgan fingerprint density at radius 2 is 1.76 bits per heavy atom. The van der Waals surface area contributed by atoms with E-state index in [2.05, 4.69) is 27.7 Å². The molecular weight excluding hydrogens is 276 g/mol. The zero-order valence-corrected chi connectivity index (χ0v) is 15.7. The molecule has 2 aliphatic rings. The van der Waals surface area contributed by atoms with Gasteiger partial charge in [-0.2, -0.15) is 0 Å². The van der Waals surface area contributed by atoms with Crippen molar-refractivity contribution in [3.63, 3.8) is 0 Å². The molecule has 3 heteroatoms. The summed E-state index contributed by atoms with van der Waals surface area (Å²) in [5, 5.41) is 9.37. The molecule has 4 atom stereocenters. The lowest BCUT2D eigenvalue weighted by atomic mass is 9.64. The van der Waals surface area contributed by atoms with Gasteiger partial charge in [0.25, 0.3) is 0 Å². The summed E-state index contributed by atoms with van der Waals surface area (Å²) in [6.07, 6.45) is 8.09. The maximum atomic E-state index is 9.37. The number of hydrogen-bond donors (Lipinski definition) is 1. The van der Waals surface area contributed by atoms with Gasteiger partial charge in [0.05, 0.1) is 0 Å². The predicted molar refractivity (Wildman–Crippen MR) is 91.9 cm³/mol. The molecule has 2 nitrogen and oxygen atoms in total. The van der Waals surface area contributed by atoms with Gasteiger partial charge in [0.15, 0.2) is 8.32 Å². The zero-order valence-electron chi connectivity index (χ0n) is 14.7. The Labute approximate surface area is 132 Å². The number of aliphatic hydroxyl groups is 1. The van der Waals surface area contributed by atoms with E-state index in [0.29, 0.717) is 18.1 Å². The molecule has 0 bridgehead atoms. The average Bonchev–Trinajstić information content (AvgIpc) is 2.83. The molecule has 124 valence electrons.